The molecular formula is C14H18N4OS. The monoisotopic (exact) mass is 290 g/mol. The van der Waals surface area contributed by atoms with Gasteiger partial charge in [0, 0.05) is 19.3 Å². The van der Waals surface area contributed by atoms with Crippen molar-refractivity contribution in [1.29, 1.82) is 0 Å². The second-order valence-corrected chi connectivity index (χ2v) is 5.44. The van der Waals surface area contributed by atoms with Gasteiger partial charge in [-0.15, -0.1) is 0 Å². The van der Waals surface area contributed by atoms with E-state index in [1.807, 2.05) is 31.3 Å². The Morgan fingerprint density at radius 3 is 2.85 bits per heavy atom. The minimum Gasteiger partial charge on any atom is -0.392 e. The van der Waals surface area contributed by atoms with Gasteiger partial charge in [-0.1, -0.05) is 18.3 Å². The SMILES string of the molecule is Cc1nc2ccccn2c1C(C(N)=S)N1CCOCC1. The molecule has 0 saturated carbocycles. The third-order valence-corrected chi connectivity index (χ3v) is 3.91. The van der Waals surface area contributed by atoms with E-state index in [1.54, 1.807) is 0 Å². The van der Waals surface area contributed by atoms with E-state index in [2.05, 4.69) is 14.3 Å². The number of morpholine rings is 1. The third kappa shape index (κ3) is 2.30. The Kier molecular flexibility index (Phi) is 3.69. The first-order valence-electron chi connectivity index (χ1n) is 6.73. The average molecular weight is 290 g/mol. The van der Waals surface area contributed by atoms with E-state index < -0.39 is 0 Å². The Balaban J connectivity index is 2.09. The number of rotatable bonds is 3. The zero-order chi connectivity index (χ0) is 14.1. The minimum atomic E-state index is -0.0914. The molecule has 2 aromatic rings. The first-order valence-corrected chi connectivity index (χ1v) is 7.14. The molecule has 1 aliphatic rings. The van der Waals surface area contributed by atoms with Crippen molar-refractivity contribution in [3.05, 3.63) is 35.8 Å². The fourth-order valence-corrected chi connectivity index (χ4v) is 3.05. The van der Waals surface area contributed by atoms with Crippen LogP contribution in [0.4, 0.5) is 0 Å². The number of aryl methyl sites for hydroxylation is 1. The number of nitrogens with zero attached hydrogens (tertiary/aromatic N) is 3. The van der Waals surface area contributed by atoms with Crippen molar-refractivity contribution in [2.45, 2.75) is 13.0 Å². The summed E-state index contributed by atoms with van der Waals surface area (Å²) < 4.78 is 7.49. The number of hydrogen-bond donors (Lipinski definition) is 1. The summed E-state index contributed by atoms with van der Waals surface area (Å²) in [6.07, 6.45) is 2.01. The van der Waals surface area contributed by atoms with Crippen molar-refractivity contribution in [3.8, 4) is 0 Å². The first-order chi connectivity index (χ1) is 9.68. The van der Waals surface area contributed by atoms with Crippen LogP contribution in [0.2, 0.25) is 0 Å². The van der Waals surface area contributed by atoms with E-state index in [-0.39, 0.29) is 6.04 Å². The molecule has 2 aromatic heterocycles. The van der Waals surface area contributed by atoms with Gasteiger partial charge in [0.25, 0.3) is 0 Å². The Bertz CT molecular complexity index is 633. The fourth-order valence-electron chi connectivity index (χ4n) is 2.79. The summed E-state index contributed by atoms with van der Waals surface area (Å²) in [6, 6.07) is 5.88. The lowest BCUT2D eigenvalue weighted by Gasteiger charge is -2.33. The standard InChI is InChI=1S/C14H18N4OS/c1-10-12(18-5-3-2-4-11(18)16-10)13(14(15)20)17-6-8-19-9-7-17/h2-5,13H,6-9H2,1H3,(H2,15,20). The Hall–Kier alpha value is -1.50. The molecule has 6 heteroatoms. The lowest BCUT2D eigenvalue weighted by atomic mass is 10.1. The van der Waals surface area contributed by atoms with Gasteiger partial charge < -0.3 is 14.9 Å². The van der Waals surface area contributed by atoms with Gasteiger partial charge in [0.05, 0.1) is 29.6 Å². The van der Waals surface area contributed by atoms with Crippen molar-refractivity contribution in [3.63, 3.8) is 0 Å². The Labute approximate surface area is 123 Å². The molecule has 0 aliphatic carbocycles. The van der Waals surface area contributed by atoms with Gasteiger partial charge in [0.15, 0.2) is 0 Å². The molecule has 2 N–H and O–H groups in total. The van der Waals surface area contributed by atoms with Crippen LogP contribution in [0.5, 0.6) is 0 Å². The van der Waals surface area contributed by atoms with E-state index in [0.717, 1.165) is 43.3 Å². The fraction of sp³-hybridized carbons (Fsp3) is 0.429. The van der Waals surface area contributed by atoms with Crippen LogP contribution in [-0.4, -0.2) is 45.6 Å². The van der Waals surface area contributed by atoms with Crippen molar-refractivity contribution in [1.82, 2.24) is 14.3 Å². The van der Waals surface area contributed by atoms with Crippen LogP contribution in [0, 0.1) is 6.92 Å². The number of pyridine rings is 1. The summed E-state index contributed by atoms with van der Waals surface area (Å²) in [4.78, 5) is 7.36. The smallest absolute Gasteiger partial charge is 0.137 e. The predicted molar refractivity (Wildman–Crippen MR) is 81.8 cm³/mol. The van der Waals surface area contributed by atoms with Crippen molar-refractivity contribution >= 4 is 22.9 Å². The second-order valence-electron chi connectivity index (χ2n) is 4.96. The average Bonchev–Trinajstić information content (AvgIpc) is 2.77. The van der Waals surface area contributed by atoms with Gasteiger partial charge in [-0.3, -0.25) is 4.90 Å². The minimum absolute atomic E-state index is 0.0914. The number of fused-ring (bicyclic) bond motifs is 1. The summed E-state index contributed by atoms with van der Waals surface area (Å²) in [7, 11) is 0. The highest BCUT2D eigenvalue weighted by Gasteiger charge is 2.29. The summed E-state index contributed by atoms with van der Waals surface area (Å²) in [5.74, 6) is 0. The number of imidazole rings is 1. The highest BCUT2D eigenvalue weighted by Crippen LogP contribution is 2.26. The maximum Gasteiger partial charge on any atom is 0.137 e. The molecule has 0 radical (unpaired) electrons. The zero-order valence-corrected chi connectivity index (χ0v) is 12.3. The first kappa shape index (κ1) is 13.5. The van der Waals surface area contributed by atoms with Gasteiger partial charge in [-0.25, -0.2) is 4.98 Å². The third-order valence-electron chi connectivity index (χ3n) is 3.69. The maximum absolute atomic E-state index is 6.03. The number of hydrogen-bond acceptors (Lipinski definition) is 4. The Morgan fingerprint density at radius 1 is 1.40 bits per heavy atom. The summed E-state index contributed by atoms with van der Waals surface area (Å²) in [5, 5.41) is 0. The summed E-state index contributed by atoms with van der Waals surface area (Å²) in [5.41, 5.74) is 8.99. The van der Waals surface area contributed by atoms with E-state index >= 15 is 0 Å². The molecule has 106 valence electrons. The maximum atomic E-state index is 6.03. The topological polar surface area (TPSA) is 55.8 Å². The van der Waals surface area contributed by atoms with Crippen molar-refractivity contribution in [2.24, 2.45) is 5.73 Å². The number of nitrogens with two attached hydrogens (primary N) is 1. The van der Waals surface area contributed by atoms with Gasteiger partial charge in [0.2, 0.25) is 0 Å². The lowest BCUT2D eigenvalue weighted by Crippen LogP contribution is -2.44. The van der Waals surface area contributed by atoms with Gasteiger partial charge in [-0.2, -0.15) is 0 Å². The molecule has 1 unspecified atom stereocenters. The van der Waals surface area contributed by atoms with Crippen LogP contribution >= 0.6 is 12.2 Å². The van der Waals surface area contributed by atoms with Crippen LogP contribution in [0.25, 0.3) is 5.65 Å². The summed E-state index contributed by atoms with van der Waals surface area (Å²) in [6.45, 7) is 5.11. The molecule has 1 fully saturated rings. The normalized spacial score (nSPS) is 18.2. The van der Waals surface area contributed by atoms with Crippen LogP contribution in [0.1, 0.15) is 17.4 Å². The molecule has 5 nitrogen and oxygen atoms in total. The molecule has 3 heterocycles. The predicted octanol–water partition coefficient (Wildman–Crippen LogP) is 1.30. The molecule has 1 aliphatic heterocycles. The van der Waals surface area contributed by atoms with E-state index in [9.17, 15) is 0 Å². The van der Waals surface area contributed by atoms with Crippen LogP contribution < -0.4 is 5.73 Å². The van der Waals surface area contributed by atoms with Gasteiger partial charge >= 0.3 is 0 Å². The zero-order valence-electron chi connectivity index (χ0n) is 11.5. The van der Waals surface area contributed by atoms with Crippen molar-refractivity contribution < 1.29 is 4.74 Å². The number of thiocarbonyl (C=S) groups is 1. The highest BCUT2D eigenvalue weighted by molar-refractivity contribution is 7.80. The van der Waals surface area contributed by atoms with Crippen LogP contribution in [-0.2, 0) is 4.74 Å². The molecule has 0 aromatic carbocycles. The molecule has 1 saturated heterocycles. The van der Waals surface area contributed by atoms with Gasteiger partial charge in [-0.05, 0) is 19.1 Å². The van der Waals surface area contributed by atoms with Gasteiger partial charge in [0.1, 0.15) is 11.7 Å². The second kappa shape index (κ2) is 5.47. The largest absolute Gasteiger partial charge is 0.392 e. The molecule has 0 bridgehead atoms. The van der Waals surface area contributed by atoms with E-state index in [4.69, 9.17) is 22.7 Å². The summed E-state index contributed by atoms with van der Waals surface area (Å²) >= 11 is 5.32. The van der Waals surface area contributed by atoms with Crippen LogP contribution in [0.3, 0.4) is 0 Å². The molecule has 3 rings (SSSR count). The quantitative estimate of drug-likeness (QED) is 0.864. The van der Waals surface area contributed by atoms with E-state index in [0.29, 0.717) is 4.99 Å². The lowest BCUT2D eigenvalue weighted by molar-refractivity contribution is 0.0280. The molecule has 0 spiro atoms. The highest BCUT2D eigenvalue weighted by atomic mass is 32.1. The van der Waals surface area contributed by atoms with E-state index in [1.165, 1.54) is 0 Å². The Morgan fingerprint density at radius 2 is 2.15 bits per heavy atom. The van der Waals surface area contributed by atoms with Crippen molar-refractivity contribution in [2.75, 3.05) is 26.3 Å². The number of aromatic nitrogens is 2. The molecule has 0 amide bonds. The molecule has 20 heavy (non-hydrogen) atoms. The number of ether oxygens (including phenoxy) is 1. The van der Waals surface area contributed by atoms with Crippen LogP contribution in [0.15, 0.2) is 24.4 Å². The molecule has 1 atom stereocenters. The molecular weight excluding hydrogens is 272 g/mol.